The van der Waals surface area contributed by atoms with Gasteiger partial charge >= 0.3 is 0 Å². The Morgan fingerprint density at radius 1 is 1.18 bits per heavy atom. The lowest BCUT2D eigenvalue weighted by molar-refractivity contribution is -0.233. The lowest BCUT2D eigenvalue weighted by atomic mass is 9.79. The molecule has 1 nitrogen and oxygen atoms in total. The normalized spacial score (nSPS) is 34.1. The molecule has 0 amide bonds. The standard InChI is InChI=1S/C8H13F2N/c1-11-6-8(9,10)7(11)4-2-3-5-7/h2-6H2,1H3. The van der Waals surface area contributed by atoms with Gasteiger partial charge in [-0.05, 0) is 19.9 Å². The molecule has 2 fully saturated rings. The number of rotatable bonds is 0. The smallest absolute Gasteiger partial charge is 0.278 e. The summed E-state index contributed by atoms with van der Waals surface area (Å²) in [7, 11) is 1.81. The Morgan fingerprint density at radius 3 is 2.00 bits per heavy atom. The maximum Gasteiger partial charge on any atom is 0.278 e. The molecule has 0 radical (unpaired) electrons. The molecule has 0 atom stereocenters. The fraction of sp³-hybridized carbons (Fsp3) is 1.00. The third-order valence-corrected chi connectivity index (χ3v) is 3.28. The minimum absolute atomic E-state index is 0.0347. The maximum absolute atomic E-state index is 13.1. The zero-order valence-electron chi connectivity index (χ0n) is 6.74. The van der Waals surface area contributed by atoms with E-state index >= 15 is 0 Å². The number of hydrogen-bond donors (Lipinski definition) is 0. The van der Waals surface area contributed by atoms with E-state index in [1.165, 1.54) is 0 Å². The van der Waals surface area contributed by atoms with Crippen LogP contribution in [-0.2, 0) is 0 Å². The van der Waals surface area contributed by atoms with Crippen molar-refractivity contribution in [2.24, 2.45) is 0 Å². The third-order valence-electron chi connectivity index (χ3n) is 3.28. The molecule has 0 aromatic rings. The van der Waals surface area contributed by atoms with Crippen LogP contribution in [0.25, 0.3) is 0 Å². The maximum atomic E-state index is 13.1. The number of halogens is 2. The number of hydrogen-bond acceptors (Lipinski definition) is 1. The molecule has 1 aliphatic carbocycles. The summed E-state index contributed by atoms with van der Waals surface area (Å²) < 4.78 is 26.2. The van der Waals surface area contributed by atoms with E-state index in [2.05, 4.69) is 0 Å². The van der Waals surface area contributed by atoms with Gasteiger partial charge in [0.15, 0.2) is 0 Å². The van der Waals surface area contributed by atoms with E-state index in [9.17, 15) is 8.78 Å². The van der Waals surface area contributed by atoms with Gasteiger partial charge in [0.05, 0.1) is 12.1 Å². The summed E-state index contributed by atoms with van der Waals surface area (Å²) in [6.45, 7) is -0.0347. The highest BCUT2D eigenvalue weighted by Crippen LogP contribution is 2.52. The summed E-state index contributed by atoms with van der Waals surface area (Å²) in [5, 5.41) is 0. The van der Waals surface area contributed by atoms with Gasteiger partial charge in [-0.1, -0.05) is 12.8 Å². The molecular formula is C8H13F2N. The van der Waals surface area contributed by atoms with Crippen LogP contribution in [-0.4, -0.2) is 30.0 Å². The minimum atomic E-state index is -2.40. The second-order valence-corrected chi connectivity index (χ2v) is 3.80. The predicted molar refractivity (Wildman–Crippen MR) is 38.8 cm³/mol. The molecule has 0 unspecified atom stereocenters. The van der Waals surface area contributed by atoms with Gasteiger partial charge in [-0.2, -0.15) is 0 Å². The van der Waals surface area contributed by atoms with Crippen molar-refractivity contribution >= 4 is 0 Å². The first-order valence-corrected chi connectivity index (χ1v) is 4.18. The van der Waals surface area contributed by atoms with E-state index in [1.807, 2.05) is 11.9 Å². The molecule has 1 aliphatic heterocycles. The lowest BCUT2D eigenvalue weighted by Gasteiger charge is -2.55. The lowest BCUT2D eigenvalue weighted by Crippen LogP contribution is -2.72. The molecule has 2 aliphatic rings. The Morgan fingerprint density at radius 2 is 1.73 bits per heavy atom. The van der Waals surface area contributed by atoms with Gasteiger partial charge in [0, 0.05) is 0 Å². The zero-order valence-corrected chi connectivity index (χ0v) is 6.74. The number of alkyl halides is 2. The molecule has 0 aromatic heterocycles. The SMILES string of the molecule is CN1CC(F)(F)C12CCCC2. The summed E-state index contributed by atoms with van der Waals surface area (Å²) in [5.41, 5.74) is -0.729. The Kier molecular flexibility index (Phi) is 1.32. The quantitative estimate of drug-likeness (QED) is 0.524. The molecule has 64 valence electrons. The van der Waals surface area contributed by atoms with Gasteiger partial charge in [0.1, 0.15) is 0 Å². The molecule has 2 rings (SSSR count). The Balaban J connectivity index is 2.21. The van der Waals surface area contributed by atoms with E-state index in [1.54, 1.807) is 0 Å². The highest BCUT2D eigenvalue weighted by molar-refractivity contribution is 5.13. The molecule has 1 saturated carbocycles. The van der Waals surface area contributed by atoms with Crippen LogP contribution in [0.15, 0.2) is 0 Å². The van der Waals surface area contributed by atoms with Gasteiger partial charge in [-0.15, -0.1) is 0 Å². The van der Waals surface area contributed by atoms with Crippen LogP contribution in [0.3, 0.4) is 0 Å². The van der Waals surface area contributed by atoms with Crippen LogP contribution >= 0.6 is 0 Å². The average Bonchev–Trinajstić information content (AvgIpc) is 2.34. The van der Waals surface area contributed by atoms with Gasteiger partial charge in [-0.25, -0.2) is 8.78 Å². The van der Waals surface area contributed by atoms with E-state index in [0.29, 0.717) is 12.8 Å². The predicted octanol–water partition coefficient (Wildman–Crippen LogP) is 1.88. The first kappa shape index (κ1) is 7.47. The number of likely N-dealkylation sites (tertiary alicyclic amines) is 1. The van der Waals surface area contributed by atoms with Crippen LogP contribution in [0.5, 0.6) is 0 Å². The Hall–Kier alpha value is -0.180. The second kappa shape index (κ2) is 1.94. The molecule has 0 bridgehead atoms. The van der Waals surface area contributed by atoms with Gasteiger partial charge in [-0.3, -0.25) is 4.90 Å². The van der Waals surface area contributed by atoms with Crippen LogP contribution in [0.4, 0.5) is 8.78 Å². The van der Waals surface area contributed by atoms with Gasteiger partial charge in [0.2, 0.25) is 0 Å². The molecule has 3 heteroatoms. The average molecular weight is 161 g/mol. The molecule has 0 aromatic carbocycles. The summed E-state index contributed by atoms with van der Waals surface area (Å²) >= 11 is 0. The molecular weight excluding hydrogens is 148 g/mol. The fourth-order valence-corrected chi connectivity index (χ4v) is 2.49. The van der Waals surface area contributed by atoms with E-state index < -0.39 is 11.5 Å². The van der Waals surface area contributed by atoms with Crippen molar-refractivity contribution in [3.05, 3.63) is 0 Å². The molecule has 1 saturated heterocycles. The topological polar surface area (TPSA) is 3.24 Å². The van der Waals surface area contributed by atoms with Crippen molar-refractivity contribution in [2.75, 3.05) is 13.6 Å². The van der Waals surface area contributed by atoms with Crippen molar-refractivity contribution in [3.8, 4) is 0 Å². The van der Waals surface area contributed by atoms with Crippen LogP contribution < -0.4 is 0 Å². The highest BCUT2D eigenvalue weighted by Gasteiger charge is 2.65. The van der Waals surface area contributed by atoms with Gasteiger partial charge < -0.3 is 0 Å². The van der Waals surface area contributed by atoms with Crippen molar-refractivity contribution < 1.29 is 8.78 Å². The Bertz CT molecular complexity index is 173. The summed E-state index contributed by atoms with van der Waals surface area (Å²) in [6.07, 6.45) is 3.33. The third kappa shape index (κ3) is 0.723. The minimum Gasteiger partial charge on any atom is -0.289 e. The van der Waals surface area contributed by atoms with Crippen molar-refractivity contribution in [1.82, 2.24) is 4.90 Å². The van der Waals surface area contributed by atoms with Crippen molar-refractivity contribution in [2.45, 2.75) is 37.1 Å². The monoisotopic (exact) mass is 161 g/mol. The van der Waals surface area contributed by atoms with Crippen LogP contribution in [0.1, 0.15) is 25.7 Å². The first-order valence-electron chi connectivity index (χ1n) is 4.18. The van der Waals surface area contributed by atoms with Crippen molar-refractivity contribution in [3.63, 3.8) is 0 Å². The van der Waals surface area contributed by atoms with Crippen LogP contribution in [0.2, 0.25) is 0 Å². The molecule has 1 spiro atoms. The van der Waals surface area contributed by atoms with Crippen molar-refractivity contribution in [1.29, 1.82) is 0 Å². The molecule has 0 N–H and O–H groups in total. The zero-order chi connectivity index (χ0) is 8.11. The summed E-state index contributed by atoms with van der Waals surface area (Å²) in [5.74, 6) is -2.40. The number of nitrogens with zero attached hydrogens (tertiary/aromatic N) is 1. The van der Waals surface area contributed by atoms with E-state index in [0.717, 1.165) is 12.8 Å². The summed E-state index contributed by atoms with van der Waals surface area (Å²) in [6, 6.07) is 0. The fourth-order valence-electron chi connectivity index (χ4n) is 2.49. The highest BCUT2D eigenvalue weighted by atomic mass is 19.3. The van der Waals surface area contributed by atoms with E-state index in [4.69, 9.17) is 0 Å². The Labute approximate surface area is 65.4 Å². The van der Waals surface area contributed by atoms with Gasteiger partial charge in [0.25, 0.3) is 5.92 Å². The molecule has 1 heterocycles. The largest absolute Gasteiger partial charge is 0.289 e. The van der Waals surface area contributed by atoms with E-state index in [-0.39, 0.29) is 6.54 Å². The molecule has 11 heavy (non-hydrogen) atoms. The summed E-state index contributed by atoms with van der Waals surface area (Å²) in [4.78, 5) is 1.82. The van der Waals surface area contributed by atoms with Crippen LogP contribution in [0, 0.1) is 0 Å². The second-order valence-electron chi connectivity index (χ2n) is 3.80. The first-order chi connectivity index (χ1) is 5.08.